The molecule has 1 amide bonds. The van der Waals surface area contributed by atoms with Gasteiger partial charge in [0.25, 0.3) is 0 Å². The molecule has 0 atom stereocenters. The lowest BCUT2D eigenvalue weighted by Gasteiger charge is -2.35. The molecule has 1 fully saturated rings. The zero-order valence-corrected chi connectivity index (χ0v) is 26.3. The third kappa shape index (κ3) is 7.73. The highest BCUT2D eigenvalue weighted by atomic mass is 35.5. The van der Waals surface area contributed by atoms with Crippen molar-refractivity contribution in [2.75, 3.05) is 37.9 Å². The van der Waals surface area contributed by atoms with Crippen molar-refractivity contribution in [3.63, 3.8) is 0 Å². The molecule has 3 aromatic rings. The predicted molar refractivity (Wildman–Crippen MR) is 159 cm³/mol. The highest BCUT2D eigenvalue weighted by Gasteiger charge is 2.30. The number of hydrogen-bond acceptors (Lipinski definition) is 9. The summed E-state index contributed by atoms with van der Waals surface area (Å²) < 4.78 is 41.0. The Morgan fingerprint density at radius 2 is 1.78 bits per heavy atom. The summed E-state index contributed by atoms with van der Waals surface area (Å²) >= 11 is 13.2. The second-order valence-corrected chi connectivity index (χ2v) is 13.4. The smallest absolute Gasteiger partial charge is 0.410 e. The molecule has 1 aromatic carbocycles. The predicted octanol–water partition coefficient (Wildman–Crippen LogP) is 5.49. The minimum atomic E-state index is -3.76. The summed E-state index contributed by atoms with van der Waals surface area (Å²) in [5.74, 6) is 0.674. The monoisotopic (exact) mass is 627 g/mol. The standard InChI is InChI=1S/C27H35Cl2N5O6S/c1-16-13-22(30-9-10-33(18-7-11-38-12-8-18)26(35)39-27(3,4)5)34-25(31-16)23(17(2)32-34)24-20(28)14-19(15-21(24)29)40-41(6,36)37/h13-15,18,30H,7-12H2,1-6H3. The van der Waals surface area contributed by atoms with Gasteiger partial charge < -0.3 is 23.9 Å². The minimum absolute atomic E-state index is 0.00550. The largest absolute Gasteiger partial charge is 0.444 e. The van der Waals surface area contributed by atoms with Crippen molar-refractivity contribution in [2.24, 2.45) is 0 Å². The number of rotatable bonds is 8. The first-order chi connectivity index (χ1) is 19.1. The fraction of sp³-hybridized carbons (Fsp3) is 0.519. The lowest BCUT2D eigenvalue weighted by Crippen LogP contribution is -2.47. The van der Waals surface area contributed by atoms with Crippen molar-refractivity contribution in [2.45, 2.75) is 59.1 Å². The van der Waals surface area contributed by atoms with Crippen LogP contribution in [0.4, 0.5) is 10.6 Å². The third-order valence-electron chi connectivity index (χ3n) is 6.32. The highest BCUT2D eigenvalue weighted by Crippen LogP contribution is 2.41. The van der Waals surface area contributed by atoms with Gasteiger partial charge in [-0.15, -0.1) is 0 Å². The summed E-state index contributed by atoms with van der Waals surface area (Å²) in [7, 11) is -3.76. The average Bonchev–Trinajstić information content (AvgIpc) is 3.15. The van der Waals surface area contributed by atoms with Crippen molar-refractivity contribution in [3.05, 3.63) is 39.6 Å². The quantitative estimate of drug-likeness (QED) is 0.323. The van der Waals surface area contributed by atoms with Gasteiger partial charge in [-0.1, -0.05) is 23.2 Å². The number of halogens is 2. The van der Waals surface area contributed by atoms with Gasteiger partial charge in [0.2, 0.25) is 0 Å². The molecule has 1 N–H and O–H groups in total. The minimum Gasteiger partial charge on any atom is -0.444 e. The Hall–Kier alpha value is -2.80. The first-order valence-electron chi connectivity index (χ1n) is 13.2. The summed E-state index contributed by atoms with van der Waals surface area (Å²) in [6.45, 7) is 11.3. The first kappa shape index (κ1) is 31.1. The number of ether oxygens (including phenoxy) is 2. The molecule has 0 spiro atoms. The van der Waals surface area contributed by atoms with Crippen molar-refractivity contribution in [1.82, 2.24) is 19.5 Å². The number of nitrogens with zero attached hydrogens (tertiary/aromatic N) is 4. The Morgan fingerprint density at radius 1 is 1.15 bits per heavy atom. The van der Waals surface area contributed by atoms with Crippen LogP contribution in [0.2, 0.25) is 10.0 Å². The number of carbonyl (C=O) groups is 1. The molecule has 1 aliphatic heterocycles. The molecule has 3 heterocycles. The summed E-state index contributed by atoms with van der Waals surface area (Å²) in [4.78, 5) is 19.5. The Kier molecular flexibility index (Phi) is 9.27. The van der Waals surface area contributed by atoms with Gasteiger partial charge in [-0.25, -0.2) is 9.78 Å². The van der Waals surface area contributed by atoms with Crippen LogP contribution in [0.1, 0.15) is 45.0 Å². The lowest BCUT2D eigenvalue weighted by molar-refractivity contribution is -0.00445. The molecule has 2 aromatic heterocycles. The third-order valence-corrected chi connectivity index (χ3v) is 7.42. The van der Waals surface area contributed by atoms with Crippen LogP contribution in [0.5, 0.6) is 5.75 Å². The van der Waals surface area contributed by atoms with Crippen LogP contribution < -0.4 is 9.50 Å². The maximum atomic E-state index is 13.1. The molecule has 0 aliphatic carbocycles. The summed E-state index contributed by atoms with van der Waals surface area (Å²) in [5, 5.41) is 8.47. The Morgan fingerprint density at radius 3 is 2.37 bits per heavy atom. The first-order valence-corrected chi connectivity index (χ1v) is 15.8. The molecule has 0 bridgehead atoms. The van der Waals surface area contributed by atoms with E-state index in [0.29, 0.717) is 54.6 Å². The molecule has 14 heteroatoms. The highest BCUT2D eigenvalue weighted by molar-refractivity contribution is 7.86. The second kappa shape index (κ2) is 12.2. The van der Waals surface area contributed by atoms with E-state index >= 15 is 0 Å². The van der Waals surface area contributed by atoms with Crippen LogP contribution in [-0.2, 0) is 19.6 Å². The van der Waals surface area contributed by atoms with E-state index in [0.717, 1.165) is 24.8 Å². The molecular weight excluding hydrogens is 593 g/mol. The van der Waals surface area contributed by atoms with E-state index in [-0.39, 0.29) is 27.9 Å². The van der Waals surface area contributed by atoms with Crippen LogP contribution in [0.15, 0.2) is 18.2 Å². The molecule has 224 valence electrons. The van der Waals surface area contributed by atoms with E-state index in [4.69, 9.17) is 46.9 Å². The molecule has 1 saturated heterocycles. The number of benzene rings is 1. The SMILES string of the molecule is Cc1cc(NCCN(C(=O)OC(C)(C)C)C2CCOCC2)n2nc(C)c(-c3c(Cl)cc(OS(C)(=O)=O)cc3Cl)c2n1. The van der Waals surface area contributed by atoms with Crippen LogP contribution in [0.3, 0.4) is 0 Å². The zero-order chi connectivity index (χ0) is 30.1. The van der Waals surface area contributed by atoms with Crippen molar-refractivity contribution in [1.29, 1.82) is 0 Å². The fourth-order valence-electron chi connectivity index (χ4n) is 4.72. The maximum Gasteiger partial charge on any atom is 0.410 e. The van der Waals surface area contributed by atoms with E-state index in [1.54, 1.807) is 9.42 Å². The van der Waals surface area contributed by atoms with Crippen molar-refractivity contribution < 1.29 is 26.9 Å². The van der Waals surface area contributed by atoms with Gasteiger partial charge in [0.05, 0.1) is 27.6 Å². The van der Waals surface area contributed by atoms with Gasteiger partial charge in [-0.3, -0.25) is 0 Å². The van der Waals surface area contributed by atoms with Gasteiger partial charge >= 0.3 is 16.2 Å². The molecule has 11 nitrogen and oxygen atoms in total. The van der Waals surface area contributed by atoms with Crippen LogP contribution in [0.25, 0.3) is 16.8 Å². The van der Waals surface area contributed by atoms with Gasteiger partial charge in [0, 0.05) is 61.8 Å². The van der Waals surface area contributed by atoms with Crippen LogP contribution in [-0.4, -0.2) is 78.2 Å². The van der Waals surface area contributed by atoms with E-state index in [9.17, 15) is 13.2 Å². The van der Waals surface area contributed by atoms with Crippen LogP contribution >= 0.6 is 23.2 Å². The van der Waals surface area contributed by atoms with E-state index in [2.05, 4.69) is 5.32 Å². The number of anilines is 1. The topological polar surface area (TPSA) is 124 Å². The fourth-order valence-corrected chi connectivity index (χ4v) is 5.82. The van der Waals surface area contributed by atoms with Gasteiger partial charge in [0.1, 0.15) is 17.2 Å². The lowest BCUT2D eigenvalue weighted by atomic mass is 10.1. The molecule has 1 aliphatic rings. The Labute approximate surface area is 250 Å². The number of amides is 1. The molecule has 4 rings (SSSR count). The van der Waals surface area contributed by atoms with Gasteiger partial charge in [-0.05, 0) is 47.5 Å². The number of aromatic nitrogens is 3. The molecule has 0 saturated carbocycles. The second-order valence-electron chi connectivity index (χ2n) is 11.0. The van der Waals surface area contributed by atoms with Gasteiger partial charge in [-0.2, -0.15) is 18.0 Å². The normalized spacial score (nSPS) is 14.7. The number of carbonyl (C=O) groups excluding carboxylic acids is 1. The maximum absolute atomic E-state index is 13.1. The number of nitrogens with one attached hydrogen (secondary N) is 1. The van der Waals surface area contributed by atoms with Gasteiger partial charge in [0.15, 0.2) is 5.65 Å². The average molecular weight is 629 g/mol. The Balaban J connectivity index is 1.63. The van der Waals surface area contributed by atoms with E-state index < -0.39 is 15.7 Å². The number of aryl methyl sites for hydroxylation is 2. The molecule has 0 unspecified atom stereocenters. The molecule has 0 radical (unpaired) electrons. The Bertz CT molecular complexity index is 1520. The summed E-state index contributed by atoms with van der Waals surface area (Å²) in [5.41, 5.74) is 2.31. The van der Waals surface area contributed by atoms with Crippen LogP contribution in [0, 0.1) is 13.8 Å². The summed E-state index contributed by atoms with van der Waals surface area (Å²) in [6.07, 6.45) is 2.08. The van der Waals surface area contributed by atoms with Crippen molar-refractivity contribution >= 4 is 50.9 Å². The zero-order valence-electron chi connectivity index (χ0n) is 24.0. The van der Waals surface area contributed by atoms with E-state index in [1.807, 2.05) is 40.7 Å². The number of hydrogen-bond donors (Lipinski definition) is 1. The molecular formula is C27H35Cl2N5O6S. The number of fused-ring (bicyclic) bond motifs is 1. The van der Waals surface area contributed by atoms with E-state index in [1.165, 1.54) is 12.1 Å². The van der Waals surface area contributed by atoms with Crippen molar-refractivity contribution in [3.8, 4) is 16.9 Å². The summed E-state index contributed by atoms with van der Waals surface area (Å²) in [6, 6.07) is 4.67. The molecule has 41 heavy (non-hydrogen) atoms.